The molecule has 0 spiro atoms. The molecule has 0 aromatic heterocycles. The molecule has 0 N–H and O–H groups in total. The van der Waals surface area contributed by atoms with Crippen molar-refractivity contribution in [3.05, 3.63) is 47.7 Å². The molecule has 0 aromatic rings. The molecule has 0 aliphatic carbocycles. The average molecular weight is 285 g/mol. The summed E-state index contributed by atoms with van der Waals surface area (Å²) in [7, 11) is 0. The minimum Gasteiger partial charge on any atom is -0.498 e. The summed E-state index contributed by atoms with van der Waals surface area (Å²) in [5.74, 6) is 0.759. The zero-order chi connectivity index (χ0) is 12.8. The van der Waals surface area contributed by atoms with E-state index in [2.05, 4.69) is 56.4 Å². The van der Waals surface area contributed by atoms with Crippen LogP contribution in [0.2, 0.25) is 0 Å². The number of ether oxygens (including phenoxy) is 1. The number of allylic oxidation sites excluding steroid dienone is 4. The Hall–Kier alpha value is -0.760. The first-order valence-corrected chi connectivity index (χ1v) is 6.16. The van der Waals surface area contributed by atoms with Gasteiger partial charge in [-0.2, -0.15) is 0 Å². The summed E-state index contributed by atoms with van der Waals surface area (Å²) < 4.78 is 6.41. The highest BCUT2D eigenvalue weighted by atomic mass is 79.9. The molecule has 0 radical (unpaired) electrons. The van der Waals surface area contributed by atoms with E-state index in [0.717, 1.165) is 22.2 Å². The van der Waals surface area contributed by atoms with E-state index < -0.39 is 0 Å². The predicted octanol–water partition coefficient (Wildman–Crippen LogP) is 4.97. The second-order valence-electron chi connectivity index (χ2n) is 4.15. The molecule has 0 heterocycles. The third-order valence-electron chi connectivity index (χ3n) is 2.43. The zero-order valence-corrected chi connectivity index (χ0v) is 12.1. The minimum atomic E-state index is -0.256. The lowest BCUT2D eigenvalue weighted by atomic mass is 9.82. The van der Waals surface area contributed by atoms with E-state index in [4.69, 9.17) is 4.74 Å². The van der Waals surface area contributed by atoms with E-state index in [1.165, 1.54) is 0 Å². The first kappa shape index (κ1) is 15.2. The third-order valence-corrected chi connectivity index (χ3v) is 2.66. The summed E-state index contributed by atoms with van der Waals surface area (Å²) in [5, 5.41) is 0. The van der Waals surface area contributed by atoms with Crippen LogP contribution in [-0.2, 0) is 4.74 Å². The molecule has 0 rings (SSSR count). The van der Waals surface area contributed by atoms with E-state index in [1.54, 1.807) is 0 Å². The maximum Gasteiger partial charge on any atom is 0.0988 e. The van der Waals surface area contributed by atoms with Crippen molar-refractivity contribution in [2.24, 2.45) is 5.41 Å². The molecule has 0 aliphatic rings. The molecule has 0 aliphatic heterocycles. The Morgan fingerprint density at radius 3 is 2.31 bits per heavy atom. The molecule has 0 saturated heterocycles. The number of halogens is 1. The number of hydrogen-bond acceptors (Lipinski definition) is 1. The van der Waals surface area contributed by atoms with Gasteiger partial charge in [-0.15, -0.1) is 0 Å². The highest BCUT2D eigenvalue weighted by Crippen LogP contribution is 2.36. The molecular weight excluding hydrogens is 264 g/mol. The van der Waals surface area contributed by atoms with Crippen molar-refractivity contribution in [3.8, 4) is 0 Å². The van der Waals surface area contributed by atoms with Gasteiger partial charge in [0.25, 0.3) is 0 Å². The molecule has 0 amide bonds. The van der Waals surface area contributed by atoms with Gasteiger partial charge in [0, 0.05) is 9.90 Å². The minimum absolute atomic E-state index is 0.256. The normalized spacial score (nSPS) is 12.1. The van der Waals surface area contributed by atoms with E-state index in [9.17, 15) is 0 Å². The Morgan fingerprint density at radius 1 is 1.38 bits per heavy atom. The van der Waals surface area contributed by atoms with Crippen LogP contribution >= 0.6 is 15.9 Å². The summed E-state index contributed by atoms with van der Waals surface area (Å²) in [4.78, 5) is 0. The maximum absolute atomic E-state index is 5.59. The molecule has 0 bridgehead atoms. The number of hydrogen-bond donors (Lipinski definition) is 0. The van der Waals surface area contributed by atoms with Crippen LogP contribution in [-0.4, -0.2) is 6.61 Å². The van der Waals surface area contributed by atoms with Crippen molar-refractivity contribution >= 4 is 15.9 Å². The Labute approximate surface area is 108 Å². The maximum atomic E-state index is 5.59. The fraction of sp³-hybridized carbons (Fsp3) is 0.429. The van der Waals surface area contributed by atoms with Crippen LogP contribution in [0.4, 0.5) is 0 Å². The summed E-state index contributed by atoms with van der Waals surface area (Å²) >= 11 is 3.32. The van der Waals surface area contributed by atoms with Crippen LogP contribution in [0.25, 0.3) is 0 Å². The molecule has 0 unspecified atom stereocenters. The van der Waals surface area contributed by atoms with Crippen molar-refractivity contribution < 1.29 is 4.74 Å². The van der Waals surface area contributed by atoms with Gasteiger partial charge < -0.3 is 4.74 Å². The van der Waals surface area contributed by atoms with Crippen LogP contribution < -0.4 is 0 Å². The van der Waals surface area contributed by atoms with Crippen LogP contribution in [0.5, 0.6) is 0 Å². The van der Waals surface area contributed by atoms with Crippen molar-refractivity contribution in [1.29, 1.82) is 0 Å². The van der Waals surface area contributed by atoms with Crippen LogP contribution in [0.15, 0.2) is 47.7 Å². The average Bonchev–Trinajstić information content (AvgIpc) is 2.21. The largest absolute Gasteiger partial charge is 0.498 e. The lowest BCUT2D eigenvalue weighted by molar-refractivity contribution is 0.162. The fourth-order valence-corrected chi connectivity index (χ4v) is 1.48. The van der Waals surface area contributed by atoms with Gasteiger partial charge in [-0.1, -0.05) is 48.7 Å². The Morgan fingerprint density at radius 2 is 1.94 bits per heavy atom. The standard InChI is InChI=1S/C14H21BrO/c1-7-9-16-12(4)14(5,6)13(8-2)10-11(3)15/h8,10H,2-4,7,9H2,1,5-6H3. The van der Waals surface area contributed by atoms with Crippen molar-refractivity contribution in [2.45, 2.75) is 27.2 Å². The smallest absolute Gasteiger partial charge is 0.0988 e. The first-order chi connectivity index (χ1) is 7.36. The molecule has 0 aromatic carbocycles. The Bertz CT molecular complexity index is 311. The van der Waals surface area contributed by atoms with Gasteiger partial charge in [-0.05, 0) is 31.9 Å². The van der Waals surface area contributed by atoms with Gasteiger partial charge in [0.1, 0.15) is 0 Å². The second-order valence-corrected chi connectivity index (χ2v) is 5.17. The van der Waals surface area contributed by atoms with Gasteiger partial charge in [-0.25, -0.2) is 0 Å². The molecule has 2 heteroatoms. The SMILES string of the molecule is C=CC(=CC(=C)Br)C(C)(C)C(=C)OCCC. The van der Waals surface area contributed by atoms with Gasteiger partial charge >= 0.3 is 0 Å². The van der Waals surface area contributed by atoms with Crippen LogP contribution in [0.3, 0.4) is 0 Å². The Kier molecular flexibility index (Phi) is 6.42. The van der Waals surface area contributed by atoms with Crippen LogP contribution in [0.1, 0.15) is 27.2 Å². The van der Waals surface area contributed by atoms with Gasteiger partial charge in [-0.3, -0.25) is 0 Å². The summed E-state index contributed by atoms with van der Waals surface area (Å²) in [6.45, 7) is 18.5. The molecule has 0 atom stereocenters. The van der Waals surface area contributed by atoms with Crippen molar-refractivity contribution in [3.63, 3.8) is 0 Å². The summed E-state index contributed by atoms with van der Waals surface area (Å²) in [5.41, 5.74) is 0.781. The molecule has 0 saturated carbocycles. The summed E-state index contributed by atoms with van der Waals surface area (Å²) in [6, 6.07) is 0. The van der Waals surface area contributed by atoms with E-state index >= 15 is 0 Å². The summed E-state index contributed by atoms with van der Waals surface area (Å²) in [6.07, 6.45) is 4.73. The fourth-order valence-electron chi connectivity index (χ4n) is 1.23. The lowest BCUT2D eigenvalue weighted by Gasteiger charge is -2.28. The molecule has 16 heavy (non-hydrogen) atoms. The highest BCUT2D eigenvalue weighted by molar-refractivity contribution is 9.11. The molecular formula is C14H21BrO. The number of rotatable bonds is 7. The predicted molar refractivity (Wildman–Crippen MR) is 75.5 cm³/mol. The van der Waals surface area contributed by atoms with Gasteiger partial charge in [0.05, 0.1) is 12.4 Å². The second kappa shape index (κ2) is 6.74. The topological polar surface area (TPSA) is 9.23 Å². The van der Waals surface area contributed by atoms with E-state index in [-0.39, 0.29) is 5.41 Å². The first-order valence-electron chi connectivity index (χ1n) is 5.37. The zero-order valence-electron chi connectivity index (χ0n) is 10.5. The van der Waals surface area contributed by atoms with Crippen molar-refractivity contribution in [2.75, 3.05) is 6.61 Å². The monoisotopic (exact) mass is 284 g/mol. The van der Waals surface area contributed by atoms with Crippen LogP contribution in [0, 0.1) is 5.41 Å². The van der Waals surface area contributed by atoms with E-state index in [0.29, 0.717) is 6.61 Å². The van der Waals surface area contributed by atoms with Gasteiger partial charge in [0.15, 0.2) is 0 Å². The third kappa shape index (κ3) is 4.40. The Balaban J connectivity index is 4.92. The quantitative estimate of drug-likeness (QED) is 0.474. The molecule has 0 fully saturated rings. The highest BCUT2D eigenvalue weighted by Gasteiger charge is 2.26. The molecule has 90 valence electrons. The van der Waals surface area contributed by atoms with Crippen molar-refractivity contribution in [1.82, 2.24) is 0 Å². The lowest BCUT2D eigenvalue weighted by Crippen LogP contribution is -2.18. The molecule has 1 nitrogen and oxygen atoms in total. The van der Waals surface area contributed by atoms with E-state index in [1.807, 2.05) is 12.2 Å². The van der Waals surface area contributed by atoms with Gasteiger partial charge in [0.2, 0.25) is 0 Å².